The zero-order valence-electron chi connectivity index (χ0n) is 38.7. The maximum Gasteiger partial charge on any atom is 0.336 e. The third kappa shape index (κ3) is 14.1. The van der Waals surface area contributed by atoms with Crippen LogP contribution in [0.25, 0.3) is 22.9 Å². The Hall–Kier alpha value is -4.96. The smallest absolute Gasteiger partial charge is 0.336 e. The summed E-state index contributed by atoms with van der Waals surface area (Å²) in [6.07, 6.45) is 18.3. The topological polar surface area (TPSA) is 155 Å². The number of ether oxygens (including phenoxy) is 11. The first-order valence-corrected chi connectivity index (χ1v) is 24.6. The highest BCUT2D eigenvalue weighted by Crippen LogP contribution is 2.36. The molecular formula is C55H62O13. The van der Waals surface area contributed by atoms with Crippen molar-refractivity contribution in [3.8, 4) is 17.2 Å². The number of carbonyl (C=O) groups is 2. The summed E-state index contributed by atoms with van der Waals surface area (Å²) in [7, 11) is 0. The zero-order valence-corrected chi connectivity index (χ0v) is 38.7. The molecule has 0 saturated carbocycles. The lowest BCUT2D eigenvalue weighted by Gasteiger charge is -2.18. The van der Waals surface area contributed by atoms with Gasteiger partial charge < -0.3 is 52.1 Å². The molecule has 360 valence electrons. The van der Waals surface area contributed by atoms with Crippen LogP contribution in [-0.2, 0) is 79.6 Å². The van der Waals surface area contributed by atoms with Crippen LogP contribution in [0.3, 0.4) is 0 Å². The van der Waals surface area contributed by atoms with E-state index in [9.17, 15) is 9.59 Å². The van der Waals surface area contributed by atoms with Crippen LogP contribution in [0.15, 0.2) is 72.8 Å². The predicted molar refractivity (Wildman–Crippen MR) is 253 cm³/mol. The number of unbranched alkanes of at least 4 members (excludes halogenated alkanes) is 3. The standard InChI is InChI=1S/C55H62O13/c56-51(22-20-36-17-19-39(27-41-31-62-41)47(28-42-32-63-42)44(36)11-3-6-25-59-54-35-66-54)67-49-14-7-13-46-45(49)12-8-15-50(46)68-52(57)23-21-37-16-18-38(9-1-4-24-58-53-34-65-53)55(48(37)29-43-33-64-43)60-26-5-2-10-40-30-61-40/h7-8,12-23,40-43,53-54H,1-6,9-11,24-35H2/b22-20+,23-21+. The number of hydrogen-bond acceptors (Lipinski definition) is 13. The van der Waals surface area contributed by atoms with Gasteiger partial charge in [0.05, 0.1) is 57.5 Å². The van der Waals surface area contributed by atoms with Crippen molar-refractivity contribution in [3.63, 3.8) is 0 Å². The first-order valence-electron chi connectivity index (χ1n) is 24.6. The van der Waals surface area contributed by atoms with Gasteiger partial charge in [-0.15, -0.1) is 0 Å². The minimum Gasteiger partial charge on any atom is -0.493 e. The van der Waals surface area contributed by atoms with E-state index >= 15 is 0 Å². The Morgan fingerprint density at radius 3 is 1.59 bits per heavy atom. The van der Waals surface area contributed by atoms with Crippen molar-refractivity contribution in [2.75, 3.05) is 59.5 Å². The second kappa shape index (κ2) is 22.6. The molecule has 6 heterocycles. The lowest BCUT2D eigenvalue weighted by molar-refractivity contribution is -0.129. The highest BCUT2D eigenvalue weighted by atomic mass is 16.8. The fourth-order valence-electron chi connectivity index (χ4n) is 8.79. The molecule has 13 heteroatoms. The molecule has 0 amide bonds. The third-order valence-corrected chi connectivity index (χ3v) is 13.0. The number of benzene rings is 4. The van der Waals surface area contributed by atoms with E-state index < -0.39 is 11.9 Å². The summed E-state index contributed by atoms with van der Waals surface area (Å²) in [6, 6.07) is 19.2. The highest BCUT2D eigenvalue weighted by molar-refractivity contribution is 5.99. The summed E-state index contributed by atoms with van der Waals surface area (Å²) in [5.74, 6) is 0.550. The molecule has 10 rings (SSSR count). The average molecular weight is 931 g/mol. The molecule has 0 N–H and O–H groups in total. The minimum atomic E-state index is -0.534. The number of epoxide rings is 6. The maximum absolute atomic E-state index is 13.6. The first kappa shape index (κ1) is 46.8. The Bertz CT molecular complexity index is 2440. The lowest BCUT2D eigenvalue weighted by Crippen LogP contribution is -2.09. The Balaban J connectivity index is 0.814. The summed E-state index contributed by atoms with van der Waals surface area (Å²) in [5, 5.41) is 1.28. The van der Waals surface area contributed by atoms with E-state index in [-0.39, 0.29) is 30.9 Å². The lowest BCUT2D eigenvalue weighted by atomic mass is 9.88. The molecule has 6 aliphatic heterocycles. The Labute approximate surface area is 397 Å². The molecule has 4 aromatic carbocycles. The van der Waals surface area contributed by atoms with E-state index in [4.69, 9.17) is 52.1 Å². The van der Waals surface area contributed by atoms with Crippen molar-refractivity contribution in [1.82, 2.24) is 0 Å². The second-order valence-corrected chi connectivity index (χ2v) is 18.5. The van der Waals surface area contributed by atoms with Crippen LogP contribution in [0.5, 0.6) is 17.2 Å². The summed E-state index contributed by atoms with van der Waals surface area (Å²) in [5.41, 5.74) is 7.82. The van der Waals surface area contributed by atoms with Crippen molar-refractivity contribution in [2.24, 2.45) is 0 Å². The summed E-state index contributed by atoms with van der Waals surface area (Å²) in [6.45, 7) is 6.37. The molecular weight excluding hydrogens is 869 g/mol. The Morgan fingerprint density at radius 2 is 1.01 bits per heavy atom. The second-order valence-electron chi connectivity index (χ2n) is 18.5. The molecule has 0 bridgehead atoms. The Morgan fingerprint density at radius 1 is 0.500 bits per heavy atom. The summed E-state index contributed by atoms with van der Waals surface area (Å²) in [4.78, 5) is 27.1. The van der Waals surface area contributed by atoms with Gasteiger partial charge in [0.15, 0.2) is 12.6 Å². The summed E-state index contributed by atoms with van der Waals surface area (Å²) >= 11 is 0. The van der Waals surface area contributed by atoms with Crippen LogP contribution in [0.2, 0.25) is 0 Å². The molecule has 0 aliphatic carbocycles. The van der Waals surface area contributed by atoms with E-state index in [1.807, 2.05) is 18.2 Å². The van der Waals surface area contributed by atoms with Gasteiger partial charge in [0.25, 0.3) is 0 Å². The van der Waals surface area contributed by atoms with Crippen molar-refractivity contribution in [3.05, 3.63) is 112 Å². The largest absolute Gasteiger partial charge is 0.493 e. The van der Waals surface area contributed by atoms with Crippen LogP contribution >= 0.6 is 0 Å². The molecule has 6 saturated heterocycles. The van der Waals surface area contributed by atoms with Crippen LogP contribution in [0, 0.1) is 0 Å². The first-order chi connectivity index (χ1) is 33.5. The minimum absolute atomic E-state index is 0.0396. The average Bonchev–Trinajstić information content (AvgIpc) is 4.12. The van der Waals surface area contributed by atoms with Crippen LogP contribution in [-0.4, -0.2) is 108 Å². The van der Waals surface area contributed by atoms with Crippen LogP contribution in [0.1, 0.15) is 83.9 Å². The SMILES string of the molecule is O=C(/C=C/c1ccc(CC2CO2)c(CC2CO2)c1CCCCOC1CO1)Oc1cccc2c(OC(=O)/C=C/c3ccc(CCCCOC4CO4)c(OCCCCC4CO4)c3CC3CO3)cccc12. The molecule has 6 aliphatic rings. The number of rotatable bonds is 30. The molecule has 6 atom stereocenters. The van der Waals surface area contributed by atoms with Gasteiger partial charge in [0.2, 0.25) is 0 Å². The molecule has 13 nitrogen and oxygen atoms in total. The monoisotopic (exact) mass is 930 g/mol. The van der Waals surface area contributed by atoms with Gasteiger partial charge in [-0.05, 0) is 115 Å². The van der Waals surface area contributed by atoms with Crippen molar-refractivity contribution < 1.29 is 61.7 Å². The van der Waals surface area contributed by atoms with Crippen molar-refractivity contribution in [2.45, 2.75) is 114 Å². The van der Waals surface area contributed by atoms with Gasteiger partial charge in [0, 0.05) is 61.0 Å². The van der Waals surface area contributed by atoms with Gasteiger partial charge in [-0.25, -0.2) is 9.59 Å². The van der Waals surface area contributed by atoms with Gasteiger partial charge >= 0.3 is 11.9 Å². The van der Waals surface area contributed by atoms with Crippen molar-refractivity contribution >= 4 is 34.9 Å². The van der Waals surface area contributed by atoms with Gasteiger partial charge in [-0.3, -0.25) is 0 Å². The summed E-state index contributed by atoms with van der Waals surface area (Å²) < 4.78 is 62.7. The van der Waals surface area contributed by atoms with Crippen LogP contribution < -0.4 is 14.2 Å². The van der Waals surface area contributed by atoms with E-state index in [1.54, 1.807) is 30.3 Å². The molecule has 6 fully saturated rings. The highest BCUT2D eigenvalue weighted by Gasteiger charge is 2.31. The number of hydrogen-bond donors (Lipinski definition) is 0. The Kier molecular flexibility index (Phi) is 15.6. The van der Waals surface area contributed by atoms with Crippen molar-refractivity contribution in [1.29, 1.82) is 0 Å². The van der Waals surface area contributed by atoms with E-state index in [0.29, 0.717) is 74.4 Å². The molecule has 6 unspecified atom stereocenters. The molecule has 0 radical (unpaired) electrons. The zero-order chi connectivity index (χ0) is 46.1. The fraction of sp³-hybridized carbons (Fsp3) is 0.491. The van der Waals surface area contributed by atoms with E-state index in [1.165, 1.54) is 28.8 Å². The van der Waals surface area contributed by atoms with E-state index in [2.05, 4.69) is 24.3 Å². The quantitative estimate of drug-likeness (QED) is 0.0162. The predicted octanol–water partition coefficient (Wildman–Crippen LogP) is 8.24. The van der Waals surface area contributed by atoms with Gasteiger partial charge in [0.1, 0.15) is 30.5 Å². The molecule has 68 heavy (non-hydrogen) atoms. The number of fused-ring (bicyclic) bond motifs is 1. The third-order valence-electron chi connectivity index (χ3n) is 13.0. The normalized spacial score (nSPS) is 23.0. The van der Waals surface area contributed by atoms with Gasteiger partial charge in [-0.1, -0.05) is 48.5 Å². The number of aryl methyl sites for hydroxylation is 1. The van der Waals surface area contributed by atoms with E-state index in [0.717, 1.165) is 118 Å². The number of esters is 2. The van der Waals surface area contributed by atoms with Gasteiger partial charge in [-0.2, -0.15) is 0 Å². The van der Waals surface area contributed by atoms with Crippen LogP contribution in [0.4, 0.5) is 0 Å². The molecule has 0 aromatic heterocycles. The number of carbonyl (C=O) groups excluding carboxylic acids is 2. The molecule has 4 aromatic rings. The molecule has 0 spiro atoms. The fourth-order valence-corrected chi connectivity index (χ4v) is 8.79. The maximum atomic E-state index is 13.6.